The van der Waals surface area contributed by atoms with E-state index in [-0.39, 0.29) is 5.78 Å². The summed E-state index contributed by atoms with van der Waals surface area (Å²) in [7, 11) is 1.55. The summed E-state index contributed by atoms with van der Waals surface area (Å²) in [6, 6.07) is 1.94. The van der Waals surface area contributed by atoms with Gasteiger partial charge in [-0.3, -0.25) is 4.79 Å². The maximum Gasteiger partial charge on any atom is 0.168 e. The van der Waals surface area contributed by atoms with Crippen molar-refractivity contribution in [1.82, 2.24) is 0 Å². The Morgan fingerprint density at radius 3 is 2.83 bits per heavy atom. The van der Waals surface area contributed by atoms with Gasteiger partial charge in [0.2, 0.25) is 0 Å². The zero-order valence-corrected chi connectivity index (χ0v) is 11.3. The van der Waals surface area contributed by atoms with Crippen molar-refractivity contribution in [1.29, 1.82) is 0 Å². The number of halogens is 1. The number of Topliss-reactive ketones (excluding diaryl/α,β-unsaturated/α-hetero) is 1. The van der Waals surface area contributed by atoms with Gasteiger partial charge in [-0.05, 0) is 49.4 Å². The molecule has 0 aromatic heterocycles. The molecule has 0 radical (unpaired) electrons. The van der Waals surface area contributed by atoms with Crippen LogP contribution in [0.4, 0.5) is 0 Å². The second-order valence-corrected chi connectivity index (χ2v) is 4.98. The van der Waals surface area contributed by atoms with Gasteiger partial charge in [-0.15, -0.1) is 0 Å². The van der Waals surface area contributed by atoms with Gasteiger partial charge in [0.05, 0.1) is 17.7 Å². The molecule has 1 aromatic rings. The van der Waals surface area contributed by atoms with Crippen molar-refractivity contribution in [2.75, 3.05) is 13.7 Å². The first-order chi connectivity index (χ1) is 8.69. The van der Waals surface area contributed by atoms with E-state index in [1.807, 2.05) is 6.07 Å². The summed E-state index contributed by atoms with van der Waals surface area (Å²) in [4.78, 5) is 12.2. The molecule has 2 N–H and O–H groups in total. The minimum atomic E-state index is 0.0370. The predicted octanol–water partition coefficient (Wildman–Crippen LogP) is 2.76. The Kier molecular flexibility index (Phi) is 4.25. The van der Waals surface area contributed by atoms with Gasteiger partial charge in [0.25, 0.3) is 0 Å². The van der Waals surface area contributed by atoms with Crippen LogP contribution in [-0.4, -0.2) is 19.4 Å². The minimum Gasteiger partial charge on any atom is -0.494 e. The van der Waals surface area contributed by atoms with Crippen LogP contribution in [0, 0.1) is 0 Å². The molecule has 18 heavy (non-hydrogen) atoms. The number of hydrogen-bond donors (Lipinski definition) is 1. The van der Waals surface area contributed by atoms with E-state index in [1.165, 1.54) is 5.56 Å². The van der Waals surface area contributed by atoms with Crippen molar-refractivity contribution >= 4 is 17.4 Å². The largest absolute Gasteiger partial charge is 0.494 e. The molecule has 0 atom stereocenters. The molecule has 0 spiro atoms. The van der Waals surface area contributed by atoms with E-state index >= 15 is 0 Å². The molecule has 98 valence electrons. The van der Waals surface area contributed by atoms with Crippen LogP contribution in [0.25, 0.3) is 0 Å². The Bertz CT molecular complexity index is 471. The number of aryl methyl sites for hydroxylation is 1. The summed E-state index contributed by atoms with van der Waals surface area (Å²) in [6.07, 6.45) is 4.51. The normalized spacial score (nSPS) is 14.2. The molecule has 0 saturated heterocycles. The summed E-state index contributed by atoms with van der Waals surface area (Å²) in [6.45, 7) is 0.350. The molecular formula is C14H18ClNO2. The molecule has 2 rings (SSSR count). The standard InChI is InChI=1S/C14H18ClNO2/c1-18-14-11(15)8-9-4-2-3-5-10(9)13(14)12(17)6-7-16/h8H,2-7,16H2,1H3. The number of benzene rings is 1. The molecule has 4 heteroatoms. The second-order valence-electron chi connectivity index (χ2n) is 4.57. The molecule has 0 saturated carbocycles. The smallest absolute Gasteiger partial charge is 0.168 e. The molecule has 1 aliphatic carbocycles. The number of nitrogens with two attached hydrogens (primary N) is 1. The molecule has 0 fully saturated rings. The summed E-state index contributed by atoms with van der Waals surface area (Å²) in [5.74, 6) is 0.547. The zero-order valence-electron chi connectivity index (χ0n) is 10.6. The zero-order chi connectivity index (χ0) is 13.1. The molecule has 0 unspecified atom stereocenters. The van der Waals surface area contributed by atoms with Crippen molar-refractivity contribution < 1.29 is 9.53 Å². The third-order valence-corrected chi connectivity index (χ3v) is 3.69. The topological polar surface area (TPSA) is 52.3 Å². The maximum atomic E-state index is 12.2. The molecule has 0 amide bonds. The third kappa shape index (κ3) is 2.38. The first-order valence-electron chi connectivity index (χ1n) is 6.30. The highest BCUT2D eigenvalue weighted by Crippen LogP contribution is 2.37. The second kappa shape index (κ2) is 5.72. The predicted molar refractivity (Wildman–Crippen MR) is 72.6 cm³/mol. The number of rotatable bonds is 4. The van der Waals surface area contributed by atoms with Crippen LogP contribution in [-0.2, 0) is 12.8 Å². The van der Waals surface area contributed by atoms with Crippen molar-refractivity contribution in [3.63, 3.8) is 0 Å². The van der Waals surface area contributed by atoms with E-state index in [9.17, 15) is 4.79 Å². The molecule has 1 aliphatic rings. The summed E-state index contributed by atoms with van der Waals surface area (Å²) in [5, 5.41) is 0.526. The fourth-order valence-electron chi connectivity index (χ4n) is 2.60. The van der Waals surface area contributed by atoms with Gasteiger partial charge >= 0.3 is 0 Å². The molecule has 0 heterocycles. The monoisotopic (exact) mass is 267 g/mol. The fraction of sp³-hybridized carbons (Fsp3) is 0.500. The molecular weight excluding hydrogens is 250 g/mol. The minimum absolute atomic E-state index is 0.0370. The van der Waals surface area contributed by atoms with Crippen LogP contribution in [0.5, 0.6) is 5.75 Å². The van der Waals surface area contributed by atoms with E-state index in [4.69, 9.17) is 22.1 Å². The van der Waals surface area contributed by atoms with Gasteiger partial charge in [0.1, 0.15) is 5.75 Å². The van der Waals surface area contributed by atoms with Crippen LogP contribution in [0.15, 0.2) is 6.07 Å². The van der Waals surface area contributed by atoms with Gasteiger partial charge < -0.3 is 10.5 Å². The molecule has 0 bridgehead atoms. The fourth-order valence-corrected chi connectivity index (χ4v) is 2.90. The Morgan fingerprint density at radius 1 is 1.44 bits per heavy atom. The van der Waals surface area contributed by atoms with Crippen molar-refractivity contribution in [3.05, 3.63) is 27.8 Å². The first kappa shape index (κ1) is 13.4. The first-order valence-corrected chi connectivity index (χ1v) is 6.68. The number of hydrogen-bond acceptors (Lipinski definition) is 3. The maximum absolute atomic E-state index is 12.2. The van der Waals surface area contributed by atoms with Crippen molar-refractivity contribution in [3.8, 4) is 5.75 Å². The van der Waals surface area contributed by atoms with Crippen LogP contribution >= 0.6 is 11.6 Å². The number of ketones is 1. The number of methoxy groups -OCH3 is 1. The lowest BCUT2D eigenvalue weighted by atomic mass is 9.86. The number of carbonyl (C=O) groups excluding carboxylic acids is 1. The summed E-state index contributed by atoms with van der Waals surface area (Å²) < 4.78 is 5.32. The van der Waals surface area contributed by atoms with E-state index in [0.29, 0.717) is 29.3 Å². The summed E-state index contributed by atoms with van der Waals surface area (Å²) >= 11 is 6.20. The number of ether oxygens (including phenoxy) is 1. The van der Waals surface area contributed by atoms with Gasteiger partial charge in [-0.1, -0.05) is 11.6 Å². The van der Waals surface area contributed by atoms with Gasteiger partial charge in [0.15, 0.2) is 5.78 Å². The Morgan fingerprint density at radius 2 is 2.17 bits per heavy atom. The van der Waals surface area contributed by atoms with Gasteiger partial charge in [-0.2, -0.15) is 0 Å². The quantitative estimate of drug-likeness (QED) is 0.854. The van der Waals surface area contributed by atoms with E-state index < -0.39 is 0 Å². The highest BCUT2D eigenvalue weighted by Gasteiger charge is 2.24. The van der Waals surface area contributed by atoms with E-state index in [2.05, 4.69) is 0 Å². The highest BCUT2D eigenvalue weighted by atomic mass is 35.5. The SMILES string of the molecule is COc1c(Cl)cc2c(c1C(=O)CCN)CCCC2. The average Bonchev–Trinajstić information content (AvgIpc) is 2.37. The molecule has 3 nitrogen and oxygen atoms in total. The summed E-state index contributed by atoms with van der Waals surface area (Å²) in [5.41, 5.74) is 8.43. The Hall–Kier alpha value is -1.06. The van der Waals surface area contributed by atoms with Gasteiger partial charge in [0, 0.05) is 6.42 Å². The highest BCUT2D eigenvalue weighted by molar-refractivity contribution is 6.33. The van der Waals surface area contributed by atoms with Crippen LogP contribution in [0.1, 0.15) is 40.7 Å². The molecule has 1 aromatic carbocycles. The molecule has 0 aliphatic heterocycles. The lowest BCUT2D eigenvalue weighted by Gasteiger charge is -2.22. The van der Waals surface area contributed by atoms with Crippen LogP contribution in [0.2, 0.25) is 5.02 Å². The third-order valence-electron chi connectivity index (χ3n) is 3.41. The van der Waals surface area contributed by atoms with Crippen molar-refractivity contribution in [2.45, 2.75) is 32.1 Å². The Labute approximate surface area is 112 Å². The number of fused-ring (bicyclic) bond motifs is 1. The van der Waals surface area contributed by atoms with E-state index in [1.54, 1.807) is 7.11 Å². The lowest BCUT2D eigenvalue weighted by Crippen LogP contribution is -2.15. The average molecular weight is 268 g/mol. The van der Waals surface area contributed by atoms with Crippen LogP contribution in [0.3, 0.4) is 0 Å². The van der Waals surface area contributed by atoms with Crippen LogP contribution < -0.4 is 10.5 Å². The Balaban J connectivity index is 2.58. The number of carbonyl (C=O) groups is 1. The lowest BCUT2D eigenvalue weighted by molar-refractivity contribution is 0.0981. The van der Waals surface area contributed by atoms with Crippen molar-refractivity contribution in [2.24, 2.45) is 5.73 Å². The van der Waals surface area contributed by atoms with Gasteiger partial charge in [-0.25, -0.2) is 0 Å². The van der Waals surface area contributed by atoms with E-state index in [0.717, 1.165) is 31.2 Å².